The van der Waals surface area contributed by atoms with Gasteiger partial charge in [-0.25, -0.2) is 9.97 Å². The lowest BCUT2D eigenvalue weighted by atomic mass is 9.26. The van der Waals surface area contributed by atoms with Crippen molar-refractivity contribution in [2.24, 2.45) is 109 Å². The molecular formula is C63H88N8O13. The Labute approximate surface area is 490 Å². The number of aromatic nitrogens is 4. The van der Waals surface area contributed by atoms with Gasteiger partial charge in [-0.05, 0) is 111 Å². The standard InChI is InChI=1S/C63H88N8O13/c1-57(26-72)17-18-62(56(81)82)36(21-57)34-19-30-11-12-31-9-8-14-61(31)43(45(71-55(61)80)42(39-24-66-28-68-39)46(75)33(22-65-5)52(64)79)32-10-6-7-15-63(34,35-20-38-53(70-29-69-38)67-23-37(35)62)59(3)16-13-41-58(2,27-73)51(48(77)44(32)60(41,4)50(30)59)84-54-49(78)47(76)40(74)25-83-54/h19,24,28-33,35-37,40-52,54,65,67,72-79H,7-9,13-18,20-23,25-27,64H2,1-5H3,(H,66,68)(H,69,70)(H,71,80)(H,81,82). The lowest BCUT2D eigenvalue weighted by Gasteiger charge is -2.77. The van der Waals surface area contributed by atoms with E-state index in [0.717, 1.165) is 11.3 Å². The van der Waals surface area contributed by atoms with Crippen LogP contribution in [-0.4, -0.2) is 173 Å². The monoisotopic (exact) mass is 1160 g/mol. The van der Waals surface area contributed by atoms with Gasteiger partial charge in [-0.3, -0.25) is 9.59 Å². The number of imidazole rings is 2. The highest BCUT2D eigenvalue weighted by atomic mass is 16.7. The highest BCUT2D eigenvalue weighted by Crippen LogP contribution is 2.82. The molecule has 8 aliphatic carbocycles. The molecule has 21 nitrogen and oxygen atoms in total. The van der Waals surface area contributed by atoms with Crippen molar-refractivity contribution >= 4 is 17.7 Å². The van der Waals surface area contributed by atoms with E-state index in [9.17, 15) is 50.8 Å². The van der Waals surface area contributed by atoms with Crippen LogP contribution in [0.15, 0.2) is 30.5 Å². The van der Waals surface area contributed by atoms with Crippen molar-refractivity contribution in [2.75, 3.05) is 45.3 Å². The molecule has 5 heterocycles. The fourth-order valence-electron chi connectivity index (χ4n) is 22.3. The number of nitrogens with zero attached hydrogens (tertiary/aromatic N) is 2. The lowest BCUT2D eigenvalue weighted by molar-refractivity contribution is -0.346. The summed E-state index contributed by atoms with van der Waals surface area (Å²) in [7, 11) is 1.70. The van der Waals surface area contributed by atoms with Gasteiger partial charge in [0.05, 0.1) is 60.7 Å². The van der Waals surface area contributed by atoms with Gasteiger partial charge < -0.3 is 87.1 Å². The first kappa shape index (κ1) is 58.6. The van der Waals surface area contributed by atoms with Crippen LogP contribution in [-0.2, 0) is 25.5 Å². The van der Waals surface area contributed by atoms with Crippen molar-refractivity contribution in [3.8, 4) is 23.7 Å². The molecule has 16 N–H and O–H groups in total. The summed E-state index contributed by atoms with van der Waals surface area (Å²) < 4.78 is 13.0. The Bertz CT molecular complexity index is 3050. The minimum absolute atomic E-state index is 0.115. The molecular weight excluding hydrogens is 1080 g/mol. The first-order valence-corrected chi connectivity index (χ1v) is 31.1. The van der Waals surface area contributed by atoms with Gasteiger partial charge in [0, 0.05) is 96.3 Å². The van der Waals surface area contributed by atoms with Crippen LogP contribution in [0.5, 0.6) is 0 Å². The van der Waals surface area contributed by atoms with E-state index < -0.39 is 171 Å². The number of rotatable bonds is 12. The molecule has 1 amide bonds. The second-order valence-electron chi connectivity index (χ2n) is 28.9. The van der Waals surface area contributed by atoms with Gasteiger partial charge in [-0.2, -0.15) is 0 Å². The minimum Gasteiger partial charge on any atom is -0.481 e. The summed E-state index contributed by atoms with van der Waals surface area (Å²) in [5.41, 5.74) is 1.76. The van der Waals surface area contributed by atoms with Gasteiger partial charge in [-0.1, -0.05) is 63.5 Å². The number of nitrogens with two attached hydrogens (primary N) is 1. The number of allylic oxidation sites excluding steroid dienone is 2. The number of aliphatic hydroxyl groups is 8. The van der Waals surface area contributed by atoms with E-state index in [1.54, 1.807) is 19.6 Å². The predicted molar refractivity (Wildman–Crippen MR) is 303 cm³/mol. The first-order chi connectivity index (χ1) is 40.1. The van der Waals surface area contributed by atoms with Crippen LogP contribution >= 0.6 is 0 Å². The molecule has 84 heavy (non-hydrogen) atoms. The molecule has 5 saturated carbocycles. The van der Waals surface area contributed by atoms with E-state index in [0.29, 0.717) is 88.7 Å². The third-order valence-corrected chi connectivity index (χ3v) is 25.7. The van der Waals surface area contributed by atoms with Gasteiger partial charge in [0.1, 0.15) is 30.4 Å². The van der Waals surface area contributed by atoms with Crippen molar-refractivity contribution in [3.63, 3.8) is 0 Å². The number of H-pyrrole nitrogens is 2. The molecule has 2 aromatic heterocycles. The quantitative estimate of drug-likeness (QED) is 0.0614. The Balaban J connectivity index is 1.12. The molecule has 3 aliphatic heterocycles. The Kier molecular flexibility index (Phi) is 14.3. The number of hydrogen-bond acceptors (Lipinski definition) is 17. The first-order valence-electron chi connectivity index (χ1n) is 31.1. The maximum Gasteiger partial charge on any atom is 0.310 e. The molecule has 28 atom stereocenters. The number of hydrogen-bond donors (Lipinski definition) is 15. The molecule has 2 aromatic rings. The molecule has 21 heteroatoms. The number of carbonyl (C=O) groups excluding carboxylic acids is 1. The number of carbonyl (C=O) groups is 2. The van der Waals surface area contributed by atoms with Crippen molar-refractivity contribution < 1.29 is 65.0 Å². The molecule has 458 valence electrons. The Hall–Kier alpha value is -4.46. The predicted octanol–water partition coefficient (Wildman–Crippen LogP) is 1.20. The highest BCUT2D eigenvalue weighted by Gasteiger charge is 2.80. The second kappa shape index (κ2) is 20.6. The van der Waals surface area contributed by atoms with Crippen molar-refractivity contribution in [3.05, 3.63) is 41.9 Å². The zero-order chi connectivity index (χ0) is 59.4. The van der Waals surface area contributed by atoms with E-state index in [-0.39, 0.29) is 31.6 Å². The van der Waals surface area contributed by atoms with Crippen molar-refractivity contribution in [1.29, 1.82) is 0 Å². The smallest absolute Gasteiger partial charge is 0.310 e. The van der Waals surface area contributed by atoms with Crippen LogP contribution in [0, 0.1) is 127 Å². The lowest BCUT2D eigenvalue weighted by Crippen LogP contribution is -2.76. The summed E-state index contributed by atoms with van der Waals surface area (Å²) in [6.45, 7) is 8.12. The van der Waals surface area contributed by atoms with Gasteiger partial charge in [0.15, 0.2) is 6.29 Å². The summed E-state index contributed by atoms with van der Waals surface area (Å²) >= 11 is 0. The van der Waals surface area contributed by atoms with E-state index in [1.807, 2.05) is 6.92 Å². The summed E-state index contributed by atoms with van der Waals surface area (Å²) in [6.07, 6.45) is 0.417. The molecule has 7 fully saturated rings. The van der Waals surface area contributed by atoms with E-state index in [1.165, 1.54) is 6.33 Å². The van der Waals surface area contributed by atoms with Crippen LogP contribution < -0.4 is 21.7 Å². The molecule has 2 spiro atoms. The number of carboxylic acids is 1. The summed E-state index contributed by atoms with van der Waals surface area (Å²) in [5.74, 6) is 7.27. The number of carboxylic acid groups (broad SMARTS) is 1. The Morgan fingerprint density at radius 2 is 1.75 bits per heavy atom. The van der Waals surface area contributed by atoms with Crippen LogP contribution in [0.1, 0.15) is 109 Å². The Morgan fingerprint density at radius 1 is 0.952 bits per heavy atom. The molecule has 13 rings (SSSR count). The van der Waals surface area contributed by atoms with Crippen LogP contribution in [0.2, 0.25) is 0 Å². The second-order valence-corrected chi connectivity index (χ2v) is 28.9. The fraction of sp³-hybridized carbons (Fsp3) is 0.778. The number of aromatic amines is 2. The van der Waals surface area contributed by atoms with E-state index in [2.05, 4.69) is 81.4 Å². The normalized spacial score (nSPS) is 49.0. The number of aliphatic carboxylic acids is 1. The number of amides is 1. The molecule has 0 radical (unpaired) electrons. The van der Waals surface area contributed by atoms with Gasteiger partial charge in [0.2, 0.25) is 5.91 Å². The highest BCUT2D eigenvalue weighted by molar-refractivity contribution is 5.88. The number of fused-ring (bicyclic) bond motifs is 6. The Morgan fingerprint density at radius 3 is 2.46 bits per heavy atom. The molecule has 5 bridgehead atoms. The molecule has 2 saturated heterocycles. The van der Waals surface area contributed by atoms with Gasteiger partial charge >= 0.3 is 5.97 Å². The number of ether oxygens (including phenoxy) is 2. The van der Waals surface area contributed by atoms with Crippen LogP contribution in [0.4, 0.5) is 5.82 Å². The topological polar surface area (TPSA) is 354 Å². The summed E-state index contributed by atoms with van der Waals surface area (Å²) in [5, 5.41) is 118. The SMILES string of the molecule is CNCC(C(N)O)C(O)C(c1cnc[nH]1)C1NC(=O)C23CCCC2C#CC2C=C4C5CC(C)(CO)CCC5(C(=O)O)C5CNc6nc[nH]c6CC5C45CCC#CC(C13)C1C(O)C(OC3OCC(O)C(O)C3O)C(C)(CO)C3CCC5(C)C2C13C. The molecule has 0 aromatic carbocycles. The zero-order valence-corrected chi connectivity index (χ0v) is 48.9. The van der Waals surface area contributed by atoms with Gasteiger partial charge in [0.25, 0.3) is 0 Å². The van der Waals surface area contributed by atoms with Gasteiger partial charge in [-0.15, -0.1) is 5.92 Å². The van der Waals surface area contributed by atoms with Crippen LogP contribution in [0.25, 0.3) is 0 Å². The number of aliphatic hydroxyl groups excluding tert-OH is 8. The fourth-order valence-corrected chi connectivity index (χ4v) is 22.3. The zero-order valence-electron chi connectivity index (χ0n) is 48.9. The molecule has 11 aliphatic rings. The average molecular weight is 1170 g/mol. The largest absolute Gasteiger partial charge is 0.481 e. The maximum atomic E-state index is 16.0. The summed E-state index contributed by atoms with van der Waals surface area (Å²) in [4.78, 5) is 46.8. The maximum absolute atomic E-state index is 16.0. The number of anilines is 1. The van der Waals surface area contributed by atoms with E-state index >= 15 is 4.79 Å². The number of nitrogens with one attached hydrogen (secondary N) is 5. The minimum atomic E-state index is -1.74. The molecule has 28 unspecified atom stereocenters. The summed E-state index contributed by atoms with van der Waals surface area (Å²) in [6, 6.07) is -0.928. The van der Waals surface area contributed by atoms with Crippen LogP contribution in [0.3, 0.4) is 0 Å². The third-order valence-electron chi connectivity index (χ3n) is 25.7. The van der Waals surface area contributed by atoms with Crippen molar-refractivity contribution in [2.45, 2.75) is 159 Å². The third kappa shape index (κ3) is 7.72. The van der Waals surface area contributed by atoms with Crippen molar-refractivity contribution in [1.82, 2.24) is 30.6 Å². The average Bonchev–Trinajstić information content (AvgIpc) is 1.04. The van der Waals surface area contributed by atoms with E-state index in [4.69, 9.17) is 20.2 Å².